The average Bonchev–Trinajstić information content (AvgIpc) is 2.03. The van der Waals surface area contributed by atoms with E-state index in [2.05, 4.69) is 11.9 Å². The molecule has 4 heteroatoms. The predicted molar refractivity (Wildman–Crippen MR) is 39.8 cm³/mol. The number of hydrogen-bond donors (Lipinski definition) is 1. The van der Waals surface area contributed by atoms with Crippen molar-refractivity contribution in [3.8, 4) is 0 Å². The molecule has 1 heterocycles. The molecule has 11 heavy (non-hydrogen) atoms. The lowest BCUT2D eigenvalue weighted by Crippen LogP contribution is -2.49. The van der Waals surface area contributed by atoms with Gasteiger partial charge in [0.2, 0.25) is 11.8 Å². The molecule has 0 aromatic heterocycles. The van der Waals surface area contributed by atoms with Gasteiger partial charge in [0, 0.05) is 13.1 Å². The molecule has 0 aromatic carbocycles. The van der Waals surface area contributed by atoms with Crippen molar-refractivity contribution in [3.05, 3.63) is 12.7 Å². The van der Waals surface area contributed by atoms with Crippen molar-refractivity contribution in [1.29, 1.82) is 0 Å². The molecule has 0 bridgehead atoms. The minimum atomic E-state index is -0.181. The summed E-state index contributed by atoms with van der Waals surface area (Å²) in [6.45, 7) is 4.62. The van der Waals surface area contributed by atoms with Crippen molar-refractivity contribution in [3.63, 3.8) is 0 Å². The van der Waals surface area contributed by atoms with Gasteiger partial charge in [-0.2, -0.15) is 0 Å². The van der Waals surface area contributed by atoms with E-state index < -0.39 is 0 Å². The van der Waals surface area contributed by atoms with Crippen LogP contribution in [0.5, 0.6) is 0 Å². The molecule has 0 aliphatic carbocycles. The third-order valence-electron chi connectivity index (χ3n) is 1.52. The van der Waals surface area contributed by atoms with Gasteiger partial charge in [0.15, 0.2) is 0 Å². The summed E-state index contributed by atoms with van der Waals surface area (Å²) in [6.07, 6.45) is 1.22. The first-order chi connectivity index (χ1) is 5.24. The van der Waals surface area contributed by atoms with Crippen molar-refractivity contribution >= 4 is 11.8 Å². The molecule has 1 aliphatic heterocycles. The van der Waals surface area contributed by atoms with Gasteiger partial charge in [-0.05, 0) is 6.08 Å². The zero-order valence-corrected chi connectivity index (χ0v) is 6.17. The Kier molecular flexibility index (Phi) is 2.25. The molecule has 0 unspecified atom stereocenters. The molecular formula is C7H10N2O2. The summed E-state index contributed by atoms with van der Waals surface area (Å²) in [5.74, 6) is -0.286. The lowest BCUT2D eigenvalue weighted by molar-refractivity contribution is -0.134. The Morgan fingerprint density at radius 2 is 2.45 bits per heavy atom. The van der Waals surface area contributed by atoms with E-state index >= 15 is 0 Å². The molecule has 1 saturated heterocycles. The first kappa shape index (κ1) is 7.78. The van der Waals surface area contributed by atoms with Crippen LogP contribution in [0.3, 0.4) is 0 Å². The van der Waals surface area contributed by atoms with E-state index in [1.807, 2.05) is 0 Å². The highest BCUT2D eigenvalue weighted by atomic mass is 16.2. The van der Waals surface area contributed by atoms with Gasteiger partial charge in [-0.1, -0.05) is 6.58 Å². The Morgan fingerprint density at radius 1 is 1.73 bits per heavy atom. The van der Waals surface area contributed by atoms with Crippen LogP contribution >= 0.6 is 0 Å². The number of carbonyl (C=O) groups excluding carboxylic acids is 2. The van der Waals surface area contributed by atoms with E-state index in [-0.39, 0.29) is 18.4 Å². The highest BCUT2D eigenvalue weighted by Gasteiger charge is 2.18. The van der Waals surface area contributed by atoms with Crippen LogP contribution in [-0.4, -0.2) is 36.3 Å². The standard InChI is InChI=1S/C7H10N2O2/c1-2-7(11)9-4-3-8-6(10)5-9/h2H,1,3-5H2,(H,8,10). The Hall–Kier alpha value is -1.32. The molecule has 1 N–H and O–H groups in total. The number of piperazine rings is 1. The normalized spacial score (nSPS) is 17.5. The Balaban J connectivity index is 2.52. The largest absolute Gasteiger partial charge is 0.353 e. The van der Waals surface area contributed by atoms with Crippen LogP contribution in [0.25, 0.3) is 0 Å². The van der Waals surface area contributed by atoms with Gasteiger partial charge < -0.3 is 10.2 Å². The number of carbonyl (C=O) groups is 2. The first-order valence-electron chi connectivity index (χ1n) is 3.42. The van der Waals surface area contributed by atoms with E-state index in [4.69, 9.17) is 0 Å². The fourth-order valence-corrected chi connectivity index (χ4v) is 0.956. The highest BCUT2D eigenvalue weighted by Crippen LogP contribution is 1.93. The summed E-state index contributed by atoms with van der Waals surface area (Å²) in [5, 5.41) is 2.62. The molecule has 60 valence electrons. The van der Waals surface area contributed by atoms with E-state index in [1.54, 1.807) is 0 Å². The molecule has 0 atom stereocenters. The third-order valence-corrected chi connectivity index (χ3v) is 1.52. The summed E-state index contributed by atoms with van der Waals surface area (Å²) < 4.78 is 0. The smallest absolute Gasteiger partial charge is 0.246 e. The van der Waals surface area contributed by atoms with Gasteiger partial charge in [-0.3, -0.25) is 9.59 Å². The summed E-state index contributed by atoms with van der Waals surface area (Å²) in [7, 11) is 0. The maximum atomic E-state index is 10.9. The summed E-state index contributed by atoms with van der Waals surface area (Å²) in [4.78, 5) is 23.2. The van der Waals surface area contributed by atoms with Gasteiger partial charge in [-0.15, -0.1) is 0 Å². The fourth-order valence-electron chi connectivity index (χ4n) is 0.956. The molecule has 0 saturated carbocycles. The van der Waals surface area contributed by atoms with E-state index in [9.17, 15) is 9.59 Å². The Bertz CT molecular complexity index is 201. The molecular weight excluding hydrogens is 144 g/mol. The van der Waals surface area contributed by atoms with Crippen LogP contribution < -0.4 is 5.32 Å². The number of nitrogens with one attached hydrogen (secondary N) is 1. The second-order valence-corrected chi connectivity index (χ2v) is 2.31. The molecule has 0 radical (unpaired) electrons. The summed E-state index contributed by atoms with van der Waals surface area (Å²) in [5.41, 5.74) is 0. The number of nitrogens with zero attached hydrogens (tertiary/aromatic N) is 1. The predicted octanol–water partition coefficient (Wildman–Crippen LogP) is -0.869. The van der Waals surface area contributed by atoms with Gasteiger partial charge in [-0.25, -0.2) is 0 Å². The monoisotopic (exact) mass is 154 g/mol. The zero-order chi connectivity index (χ0) is 8.27. The number of amides is 2. The van der Waals surface area contributed by atoms with E-state index in [1.165, 1.54) is 11.0 Å². The van der Waals surface area contributed by atoms with Crippen molar-refractivity contribution < 1.29 is 9.59 Å². The highest BCUT2D eigenvalue weighted by molar-refractivity contribution is 5.91. The Labute approximate surface area is 64.9 Å². The maximum Gasteiger partial charge on any atom is 0.246 e. The lowest BCUT2D eigenvalue weighted by Gasteiger charge is -2.25. The van der Waals surface area contributed by atoms with Crippen LogP contribution in [0.1, 0.15) is 0 Å². The molecule has 1 aliphatic rings. The first-order valence-corrected chi connectivity index (χ1v) is 3.42. The van der Waals surface area contributed by atoms with Crippen LogP contribution in [0.15, 0.2) is 12.7 Å². The fraction of sp³-hybridized carbons (Fsp3) is 0.429. The number of hydrogen-bond acceptors (Lipinski definition) is 2. The molecule has 0 aromatic rings. The average molecular weight is 154 g/mol. The third kappa shape index (κ3) is 1.80. The Morgan fingerprint density at radius 3 is 3.00 bits per heavy atom. The van der Waals surface area contributed by atoms with Gasteiger partial charge >= 0.3 is 0 Å². The van der Waals surface area contributed by atoms with E-state index in [0.717, 1.165) is 0 Å². The SMILES string of the molecule is C=CC(=O)N1CCNC(=O)C1. The number of rotatable bonds is 1. The quantitative estimate of drug-likeness (QED) is 0.499. The lowest BCUT2D eigenvalue weighted by atomic mass is 10.3. The van der Waals surface area contributed by atoms with Crippen LogP contribution in [0.4, 0.5) is 0 Å². The van der Waals surface area contributed by atoms with Gasteiger partial charge in [0.05, 0.1) is 6.54 Å². The minimum Gasteiger partial charge on any atom is -0.353 e. The summed E-state index contributed by atoms with van der Waals surface area (Å²) >= 11 is 0. The van der Waals surface area contributed by atoms with Crippen LogP contribution in [-0.2, 0) is 9.59 Å². The van der Waals surface area contributed by atoms with Crippen LogP contribution in [0.2, 0.25) is 0 Å². The topological polar surface area (TPSA) is 49.4 Å². The maximum absolute atomic E-state index is 10.9. The van der Waals surface area contributed by atoms with Crippen molar-refractivity contribution in [2.45, 2.75) is 0 Å². The van der Waals surface area contributed by atoms with Crippen LogP contribution in [0, 0.1) is 0 Å². The minimum absolute atomic E-state index is 0.105. The van der Waals surface area contributed by atoms with Crippen molar-refractivity contribution in [2.75, 3.05) is 19.6 Å². The van der Waals surface area contributed by atoms with Crippen molar-refractivity contribution in [2.24, 2.45) is 0 Å². The van der Waals surface area contributed by atoms with E-state index in [0.29, 0.717) is 13.1 Å². The summed E-state index contributed by atoms with van der Waals surface area (Å²) in [6, 6.07) is 0. The molecule has 2 amide bonds. The molecule has 4 nitrogen and oxygen atoms in total. The van der Waals surface area contributed by atoms with Gasteiger partial charge in [0.25, 0.3) is 0 Å². The molecule has 1 rings (SSSR count). The van der Waals surface area contributed by atoms with Crippen molar-refractivity contribution in [1.82, 2.24) is 10.2 Å². The molecule has 1 fully saturated rings. The van der Waals surface area contributed by atoms with Gasteiger partial charge in [0.1, 0.15) is 0 Å². The second kappa shape index (κ2) is 3.18. The second-order valence-electron chi connectivity index (χ2n) is 2.31. The zero-order valence-electron chi connectivity index (χ0n) is 6.17. The molecule has 0 spiro atoms.